The number of hydrogen-bond acceptors (Lipinski definition) is 4. The Balaban J connectivity index is 1.44. The number of benzene rings is 3. The lowest BCUT2D eigenvalue weighted by molar-refractivity contribution is 0.414. The van der Waals surface area contributed by atoms with E-state index in [1.165, 1.54) is 16.3 Å². The van der Waals surface area contributed by atoms with Gasteiger partial charge in [-0.1, -0.05) is 36.0 Å². The van der Waals surface area contributed by atoms with Crippen LogP contribution in [0.2, 0.25) is 0 Å². The van der Waals surface area contributed by atoms with Crippen molar-refractivity contribution in [3.63, 3.8) is 0 Å². The molecule has 1 heterocycles. The second-order valence-electron chi connectivity index (χ2n) is 5.79. The number of aliphatic imine (C=N–C) groups is 1. The van der Waals surface area contributed by atoms with Gasteiger partial charge in [-0.3, -0.25) is 4.21 Å². The lowest BCUT2D eigenvalue weighted by atomic mass is 10.0. The normalized spacial score (nSPS) is 14.2. The molecule has 0 amide bonds. The summed E-state index contributed by atoms with van der Waals surface area (Å²) in [6, 6.07) is 20.1. The first-order valence-electron chi connectivity index (χ1n) is 7.97. The number of fused-ring (bicyclic) bond motifs is 2. The minimum absolute atomic E-state index is 0.513. The number of methoxy groups -OCH3 is 1. The highest BCUT2D eigenvalue weighted by molar-refractivity contribution is 8.20. The predicted molar refractivity (Wildman–Crippen MR) is 107 cm³/mol. The van der Waals surface area contributed by atoms with E-state index in [0.717, 1.165) is 27.8 Å². The van der Waals surface area contributed by atoms with E-state index in [1.54, 1.807) is 18.9 Å². The molecule has 25 heavy (non-hydrogen) atoms. The number of nitrogens with zero attached hydrogens (tertiary/aromatic N) is 1. The molecule has 0 aromatic heterocycles. The third kappa shape index (κ3) is 3.48. The maximum atomic E-state index is 12.5. The van der Waals surface area contributed by atoms with Crippen LogP contribution in [-0.4, -0.2) is 21.4 Å². The van der Waals surface area contributed by atoms with Gasteiger partial charge in [0.05, 0.1) is 33.7 Å². The van der Waals surface area contributed by atoms with Crippen molar-refractivity contribution in [2.45, 2.75) is 11.3 Å². The molecule has 3 aromatic rings. The van der Waals surface area contributed by atoms with E-state index >= 15 is 0 Å². The van der Waals surface area contributed by atoms with Gasteiger partial charge >= 0.3 is 0 Å². The van der Waals surface area contributed by atoms with Crippen LogP contribution in [0.5, 0.6) is 5.75 Å². The SMILES string of the molecule is COc1ccc(S(=O)CSC2=Nc3cc4ccccc4cc3C2)cc1. The molecule has 0 fully saturated rings. The Morgan fingerprint density at radius 3 is 2.52 bits per heavy atom. The van der Waals surface area contributed by atoms with E-state index in [4.69, 9.17) is 9.73 Å². The third-order valence-electron chi connectivity index (χ3n) is 4.19. The number of thioether (sulfide) groups is 1. The predicted octanol–water partition coefficient (Wildman–Crippen LogP) is 4.93. The standard InChI is InChI=1S/C20H17NO2S2/c1-23-17-6-8-18(9-7-17)25(22)13-24-20-12-16-10-14-4-2-3-5-15(14)11-19(16)21-20/h2-11H,12-13H2,1H3. The van der Waals surface area contributed by atoms with Crippen molar-refractivity contribution in [1.82, 2.24) is 0 Å². The summed E-state index contributed by atoms with van der Waals surface area (Å²) in [7, 11) is 0.573. The first-order chi connectivity index (χ1) is 12.2. The summed E-state index contributed by atoms with van der Waals surface area (Å²) in [5.41, 5.74) is 2.29. The Kier molecular flexibility index (Phi) is 4.59. The summed E-state index contributed by atoms with van der Waals surface area (Å²) >= 11 is 1.58. The van der Waals surface area contributed by atoms with Crippen LogP contribution >= 0.6 is 11.8 Å². The van der Waals surface area contributed by atoms with Gasteiger partial charge < -0.3 is 4.74 Å². The van der Waals surface area contributed by atoms with Gasteiger partial charge in [-0.2, -0.15) is 0 Å². The quantitative estimate of drug-likeness (QED) is 0.656. The molecule has 0 aliphatic carbocycles. The Labute approximate surface area is 153 Å². The molecular weight excluding hydrogens is 350 g/mol. The van der Waals surface area contributed by atoms with Crippen molar-refractivity contribution in [3.8, 4) is 5.75 Å². The molecule has 0 bridgehead atoms. The monoisotopic (exact) mass is 367 g/mol. The van der Waals surface area contributed by atoms with Crippen LogP contribution in [0.3, 0.4) is 0 Å². The average Bonchev–Trinajstić information content (AvgIpc) is 3.06. The molecule has 0 saturated heterocycles. The summed E-state index contributed by atoms with van der Waals surface area (Å²) in [5.74, 6) is 0.774. The fourth-order valence-corrected chi connectivity index (χ4v) is 5.24. The molecule has 0 saturated carbocycles. The fraction of sp³-hybridized carbons (Fsp3) is 0.150. The van der Waals surface area contributed by atoms with E-state index in [-0.39, 0.29) is 0 Å². The Bertz CT molecular complexity index is 981. The van der Waals surface area contributed by atoms with Crippen LogP contribution in [-0.2, 0) is 17.2 Å². The first-order valence-corrected chi connectivity index (χ1v) is 10.3. The van der Waals surface area contributed by atoms with Crippen LogP contribution in [0.15, 0.2) is 70.6 Å². The van der Waals surface area contributed by atoms with Crippen LogP contribution in [0.25, 0.3) is 10.8 Å². The van der Waals surface area contributed by atoms with Crippen LogP contribution in [0, 0.1) is 0 Å². The van der Waals surface area contributed by atoms with Gasteiger partial charge in [0.15, 0.2) is 0 Å². The molecule has 1 unspecified atom stereocenters. The zero-order valence-corrected chi connectivity index (χ0v) is 15.4. The van der Waals surface area contributed by atoms with Gasteiger partial charge in [-0.25, -0.2) is 4.99 Å². The molecule has 1 atom stereocenters. The Morgan fingerprint density at radius 1 is 1.08 bits per heavy atom. The Hall–Kier alpha value is -2.11. The minimum atomic E-state index is -1.05. The molecule has 1 aliphatic rings. The van der Waals surface area contributed by atoms with Crippen LogP contribution in [0.4, 0.5) is 5.69 Å². The molecule has 0 spiro atoms. The summed E-state index contributed by atoms with van der Waals surface area (Å²) < 4.78 is 17.6. The smallest absolute Gasteiger partial charge is 0.118 e. The molecule has 1 aliphatic heterocycles. The van der Waals surface area contributed by atoms with Gasteiger partial charge in [-0.05, 0) is 52.7 Å². The van der Waals surface area contributed by atoms with E-state index < -0.39 is 10.8 Å². The zero-order valence-electron chi connectivity index (χ0n) is 13.8. The second kappa shape index (κ2) is 7.02. The van der Waals surface area contributed by atoms with Crippen molar-refractivity contribution in [2.24, 2.45) is 4.99 Å². The lowest BCUT2D eigenvalue weighted by Gasteiger charge is -2.04. The summed E-state index contributed by atoms with van der Waals surface area (Å²) in [4.78, 5) is 5.53. The largest absolute Gasteiger partial charge is 0.497 e. The highest BCUT2D eigenvalue weighted by Gasteiger charge is 2.17. The maximum absolute atomic E-state index is 12.5. The molecule has 3 aromatic carbocycles. The molecule has 126 valence electrons. The number of rotatable bonds is 4. The second-order valence-corrected chi connectivity index (χ2v) is 8.66. The van der Waals surface area contributed by atoms with Crippen molar-refractivity contribution in [2.75, 3.05) is 12.2 Å². The fourth-order valence-electron chi connectivity index (χ4n) is 2.86. The Morgan fingerprint density at radius 2 is 1.80 bits per heavy atom. The van der Waals surface area contributed by atoms with Gasteiger partial charge in [0.1, 0.15) is 5.75 Å². The van der Waals surface area contributed by atoms with Gasteiger partial charge in [0.2, 0.25) is 0 Å². The lowest BCUT2D eigenvalue weighted by Crippen LogP contribution is -1.99. The van der Waals surface area contributed by atoms with Crippen LogP contribution < -0.4 is 4.74 Å². The summed E-state index contributed by atoms with van der Waals surface area (Å²) in [6.07, 6.45) is 0.824. The van der Waals surface area contributed by atoms with E-state index in [2.05, 4.69) is 30.3 Å². The van der Waals surface area contributed by atoms with Crippen molar-refractivity contribution in [1.29, 1.82) is 0 Å². The molecule has 4 rings (SSSR count). The molecule has 3 nitrogen and oxygen atoms in total. The molecular formula is C20H17NO2S2. The highest BCUT2D eigenvalue weighted by Crippen LogP contribution is 2.34. The summed E-state index contributed by atoms with van der Waals surface area (Å²) in [6.45, 7) is 0. The maximum Gasteiger partial charge on any atom is 0.118 e. The van der Waals surface area contributed by atoms with Crippen LogP contribution in [0.1, 0.15) is 5.56 Å². The van der Waals surface area contributed by atoms with Crippen molar-refractivity contribution >= 4 is 44.1 Å². The van der Waals surface area contributed by atoms with E-state index in [9.17, 15) is 4.21 Å². The van der Waals surface area contributed by atoms with Gasteiger partial charge in [-0.15, -0.1) is 0 Å². The first kappa shape index (κ1) is 16.4. The minimum Gasteiger partial charge on any atom is -0.497 e. The van der Waals surface area contributed by atoms with Gasteiger partial charge in [0, 0.05) is 11.3 Å². The zero-order chi connectivity index (χ0) is 17.2. The number of hydrogen-bond donors (Lipinski definition) is 0. The molecule has 5 heteroatoms. The molecule has 0 radical (unpaired) electrons. The molecule has 0 N–H and O–H groups in total. The topological polar surface area (TPSA) is 38.7 Å². The van der Waals surface area contributed by atoms with Crippen molar-refractivity contribution < 1.29 is 8.95 Å². The average molecular weight is 367 g/mol. The van der Waals surface area contributed by atoms with Gasteiger partial charge in [0.25, 0.3) is 0 Å². The van der Waals surface area contributed by atoms with E-state index in [0.29, 0.717) is 5.08 Å². The number of ether oxygens (including phenoxy) is 1. The van der Waals surface area contributed by atoms with E-state index in [1.807, 2.05) is 30.3 Å². The third-order valence-corrected chi connectivity index (χ3v) is 6.88. The highest BCUT2D eigenvalue weighted by atomic mass is 32.2. The summed E-state index contributed by atoms with van der Waals surface area (Å²) in [5, 5.41) is 3.99. The van der Waals surface area contributed by atoms with Crippen molar-refractivity contribution in [3.05, 3.63) is 66.2 Å².